The van der Waals surface area contributed by atoms with Crippen LogP contribution in [0.4, 0.5) is 15.8 Å². The van der Waals surface area contributed by atoms with Gasteiger partial charge in [0.1, 0.15) is 11.5 Å². The summed E-state index contributed by atoms with van der Waals surface area (Å²) in [5, 5.41) is 0.475. The Morgan fingerprint density at radius 1 is 0.938 bits per heavy atom. The molecule has 5 rings (SSSR count). The smallest absolute Gasteiger partial charge is 0.282 e. The van der Waals surface area contributed by atoms with Crippen molar-refractivity contribution in [1.82, 2.24) is 0 Å². The highest BCUT2D eigenvalue weighted by molar-refractivity contribution is 6.46. The molecule has 0 unspecified atom stereocenters. The maximum atomic E-state index is 13.8. The van der Waals surface area contributed by atoms with Crippen molar-refractivity contribution in [2.75, 3.05) is 16.3 Å². The monoisotopic (exact) mass is 446 g/mol. The van der Waals surface area contributed by atoms with Gasteiger partial charge in [0, 0.05) is 17.3 Å². The van der Waals surface area contributed by atoms with E-state index in [0.29, 0.717) is 28.5 Å². The van der Waals surface area contributed by atoms with Gasteiger partial charge in [-0.1, -0.05) is 48.0 Å². The molecule has 2 aliphatic heterocycles. The lowest BCUT2D eigenvalue weighted by molar-refractivity contribution is -0.120. The van der Waals surface area contributed by atoms with Gasteiger partial charge >= 0.3 is 0 Å². The number of para-hydroxylation sites is 1. The Morgan fingerprint density at radius 3 is 2.44 bits per heavy atom. The van der Waals surface area contributed by atoms with E-state index in [1.165, 1.54) is 24.3 Å². The maximum Gasteiger partial charge on any atom is 0.282 e. The average Bonchev–Trinajstić information content (AvgIpc) is 3.06. The van der Waals surface area contributed by atoms with Crippen LogP contribution in [0.2, 0.25) is 5.02 Å². The molecule has 0 saturated heterocycles. The largest absolute Gasteiger partial charge is 0.336 e. The van der Waals surface area contributed by atoms with Gasteiger partial charge in [0.15, 0.2) is 0 Å². The van der Waals surface area contributed by atoms with Crippen LogP contribution in [0.3, 0.4) is 0 Å². The first-order valence-corrected chi connectivity index (χ1v) is 10.8. The van der Waals surface area contributed by atoms with Crippen molar-refractivity contribution in [3.05, 3.63) is 100.0 Å². The molecular formula is C26H20ClFN2O2. The van der Waals surface area contributed by atoms with Gasteiger partial charge in [-0.15, -0.1) is 0 Å². The fourth-order valence-electron chi connectivity index (χ4n) is 4.37. The molecule has 0 fully saturated rings. The fourth-order valence-corrected chi connectivity index (χ4v) is 4.54. The maximum absolute atomic E-state index is 13.8. The lowest BCUT2D eigenvalue weighted by atomic mass is 9.98. The van der Waals surface area contributed by atoms with Gasteiger partial charge in [0.05, 0.1) is 11.3 Å². The highest BCUT2D eigenvalue weighted by atomic mass is 35.5. The quantitative estimate of drug-likeness (QED) is 0.497. The van der Waals surface area contributed by atoms with Crippen molar-refractivity contribution in [2.24, 2.45) is 0 Å². The molecule has 0 saturated carbocycles. The summed E-state index contributed by atoms with van der Waals surface area (Å²) in [5.74, 6) is -1.26. The zero-order valence-corrected chi connectivity index (χ0v) is 18.2. The normalized spacial score (nSPS) is 16.1. The lowest BCUT2D eigenvalue weighted by Crippen LogP contribution is -2.37. The topological polar surface area (TPSA) is 40.6 Å². The molecule has 4 nitrogen and oxygen atoms in total. The van der Waals surface area contributed by atoms with Gasteiger partial charge in [-0.2, -0.15) is 0 Å². The first-order valence-electron chi connectivity index (χ1n) is 10.5. The Labute approximate surface area is 190 Å². The van der Waals surface area contributed by atoms with Crippen LogP contribution in [0, 0.1) is 12.7 Å². The minimum atomic E-state index is -0.445. The molecule has 3 aromatic rings. The highest BCUT2D eigenvalue weighted by Crippen LogP contribution is 2.40. The first-order chi connectivity index (χ1) is 15.5. The predicted octanol–water partition coefficient (Wildman–Crippen LogP) is 5.52. The number of rotatable bonds is 3. The summed E-state index contributed by atoms with van der Waals surface area (Å²) in [5.41, 5.74) is 4.39. The van der Waals surface area contributed by atoms with Crippen LogP contribution in [0.15, 0.2) is 72.4 Å². The minimum absolute atomic E-state index is 0.267. The van der Waals surface area contributed by atoms with Crippen molar-refractivity contribution in [1.29, 1.82) is 0 Å². The fraction of sp³-hybridized carbons (Fsp3) is 0.154. The van der Waals surface area contributed by atoms with Crippen molar-refractivity contribution in [3.63, 3.8) is 0 Å². The molecule has 32 heavy (non-hydrogen) atoms. The molecule has 0 N–H and O–H groups in total. The molecule has 2 amide bonds. The minimum Gasteiger partial charge on any atom is -0.336 e. The number of fused-ring (bicyclic) bond motifs is 1. The summed E-state index contributed by atoms with van der Waals surface area (Å²) in [7, 11) is 0. The number of carbonyl (C=O) groups excluding carboxylic acids is 2. The van der Waals surface area contributed by atoms with Crippen LogP contribution in [0.5, 0.6) is 0 Å². The summed E-state index contributed by atoms with van der Waals surface area (Å²) < 4.78 is 13.6. The van der Waals surface area contributed by atoms with Crippen molar-refractivity contribution in [2.45, 2.75) is 19.8 Å². The molecule has 0 aliphatic carbocycles. The molecule has 0 spiro atoms. The van der Waals surface area contributed by atoms with Gasteiger partial charge < -0.3 is 4.90 Å². The second-order valence-corrected chi connectivity index (χ2v) is 8.40. The van der Waals surface area contributed by atoms with Crippen molar-refractivity contribution >= 4 is 40.4 Å². The van der Waals surface area contributed by atoms with Crippen LogP contribution in [0.1, 0.15) is 23.1 Å². The average molecular weight is 447 g/mol. The third-order valence-corrected chi connectivity index (χ3v) is 6.39. The van der Waals surface area contributed by atoms with Crippen LogP contribution in [-0.2, 0) is 16.0 Å². The van der Waals surface area contributed by atoms with E-state index in [9.17, 15) is 14.0 Å². The molecule has 6 heteroatoms. The molecule has 2 heterocycles. The van der Waals surface area contributed by atoms with Gasteiger partial charge in [-0.3, -0.25) is 9.59 Å². The second-order valence-electron chi connectivity index (χ2n) is 7.99. The van der Waals surface area contributed by atoms with Crippen LogP contribution in [0.25, 0.3) is 5.57 Å². The molecule has 0 aromatic heterocycles. The molecular weight excluding hydrogens is 427 g/mol. The second kappa shape index (κ2) is 7.92. The van der Waals surface area contributed by atoms with Gasteiger partial charge in [-0.05, 0) is 66.8 Å². The third kappa shape index (κ3) is 3.30. The summed E-state index contributed by atoms with van der Waals surface area (Å²) in [6.45, 7) is 2.47. The van der Waals surface area contributed by atoms with Gasteiger partial charge in [0.2, 0.25) is 0 Å². The number of hydrogen-bond acceptors (Lipinski definition) is 3. The van der Waals surface area contributed by atoms with Crippen LogP contribution in [-0.4, -0.2) is 18.4 Å². The Bertz CT molecular complexity index is 1280. The first kappa shape index (κ1) is 20.5. The number of anilines is 2. The van der Waals surface area contributed by atoms with E-state index < -0.39 is 17.6 Å². The van der Waals surface area contributed by atoms with E-state index in [1.54, 1.807) is 18.2 Å². The number of aryl methyl sites for hydroxylation is 2. The van der Waals surface area contributed by atoms with E-state index in [-0.39, 0.29) is 5.57 Å². The number of amides is 2. The molecule has 0 atom stereocenters. The Hall–Kier alpha value is -3.44. The zero-order valence-electron chi connectivity index (χ0n) is 17.4. The van der Waals surface area contributed by atoms with E-state index >= 15 is 0 Å². The summed E-state index contributed by atoms with van der Waals surface area (Å²) in [6.07, 6.45) is 1.76. The molecule has 3 aromatic carbocycles. The van der Waals surface area contributed by atoms with Gasteiger partial charge in [0.25, 0.3) is 11.8 Å². The number of nitrogens with zero attached hydrogens (tertiary/aromatic N) is 2. The zero-order chi connectivity index (χ0) is 22.4. The van der Waals surface area contributed by atoms with Crippen molar-refractivity contribution in [3.8, 4) is 0 Å². The third-order valence-electron chi connectivity index (χ3n) is 5.99. The number of imide groups is 1. The van der Waals surface area contributed by atoms with E-state index in [2.05, 4.69) is 0 Å². The SMILES string of the molecule is Cc1ccc(N2C(=O)C(c3ccc(F)cc3)=C(N3CCCc4ccccc43)C2=O)cc1Cl. The van der Waals surface area contributed by atoms with Gasteiger partial charge in [-0.25, -0.2) is 9.29 Å². The Balaban J connectivity index is 1.70. The van der Waals surface area contributed by atoms with E-state index in [0.717, 1.165) is 34.6 Å². The Kier molecular flexibility index (Phi) is 5.06. The molecule has 0 radical (unpaired) electrons. The molecule has 0 bridgehead atoms. The number of hydrogen-bond donors (Lipinski definition) is 0. The van der Waals surface area contributed by atoms with E-state index in [1.807, 2.05) is 36.1 Å². The Morgan fingerprint density at radius 2 is 1.69 bits per heavy atom. The molecule has 2 aliphatic rings. The summed E-state index contributed by atoms with van der Waals surface area (Å²) >= 11 is 6.30. The lowest BCUT2D eigenvalue weighted by Gasteiger charge is -2.32. The van der Waals surface area contributed by atoms with Crippen LogP contribution >= 0.6 is 11.6 Å². The van der Waals surface area contributed by atoms with Crippen LogP contribution < -0.4 is 9.80 Å². The summed E-state index contributed by atoms with van der Waals surface area (Å²) in [6, 6.07) is 18.7. The number of benzene rings is 3. The highest BCUT2D eigenvalue weighted by Gasteiger charge is 2.43. The number of halogens is 2. The van der Waals surface area contributed by atoms with Crippen molar-refractivity contribution < 1.29 is 14.0 Å². The molecule has 160 valence electrons. The van der Waals surface area contributed by atoms with E-state index in [4.69, 9.17) is 11.6 Å². The standard InChI is InChI=1S/C26H20ClFN2O2/c1-16-8-13-20(15-21(16)27)30-25(31)23(18-9-11-19(28)12-10-18)24(26(30)32)29-14-4-6-17-5-2-3-7-22(17)29/h2-3,5,7-13,15H,4,6,14H2,1H3. The summed E-state index contributed by atoms with van der Waals surface area (Å²) in [4.78, 5) is 30.5. The predicted molar refractivity (Wildman–Crippen MR) is 124 cm³/mol. The number of carbonyl (C=O) groups is 2.